The molecule has 0 aromatic heterocycles. The number of halogens is 1. The van der Waals surface area contributed by atoms with Crippen molar-refractivity contribution in [2.45, 2.75) is 50.5 Å². The molecule has 1 aromatic carbocycles. The van der Waals surface area contributed by atoms with Gasteiger partial charge in [0.1, 0.15) is 5.92 Å². The van der Waals surface area contributed by atoms with E-state index in [0.717, 1.165) is 54.3 Å². The third kappa shape index (κ3) is 3.16. The van der Waals surface area contributed by atoms with E-state index in [9.17, 15) is 9.59 Å². The van der Waals surface area contributed by atoms with Crippen LogP contribution < -0.4 is 5.32 Å². The lowest BCUT2D eigenvalue weighted by molar-refractivity contribution is -0.126. The van der Waals surface area contributed by atoms with Crippen molar-refractivity contribution in [3.8, 4) is 0 Å². The number of carbonyl (C=O) groups excluding carboxylic acids is 2. The Kier molecular flexibility index (Phi) is 5.11. The first kappa shape index (κ1) is 17.6. The minimum Gasteiger partial charge on any atom is -0.385 e. The minimum absolute atomic E-state index is 0.0545. The first-order chi connectivity index (χ1) is 11.5. The molecule has 1 unspecified atom stereocenters. The second-order valence-electron chi connectivity index (χ2n) is 7.09. The van der Waals surface area contributed by atoms with Crippen LogP contribution in [0.2, 0.25) is 0 Å². The van der Waals surface area contributed by atoms with Crippen LogP contribution in [0, 0.1) is 12.8 Å². The fraction of sp³-hybridized carbons (Fsp3) is 0.579. The predicted octanol–water partition coefficient (Wildman–Crippen LogP) is 3.51. The molecule has 1 aliphatic heterocycles. The third-order valence-corrected chi connectivity index (χ3v) is 6.09. The van der Waals surface area contributed by atoms with Crippen molar-refractivity contribution in [1.29, 1.82) is 0 Å². The molecule has 1 saturated heterocycles. The van der Waals surface area contributed by atoms with Gasteiger partial charge in [-0.25, -0.2) is 0 Å². The summed E-state index contributed by atoms with van der Waals surface area (Å²) in [5.74, 6) is -0.166. The number of carbonyl (C=O) groups is 2. The molecule has 1 heterocycles. The van der Waals surface area contributed by atoms with E-state index >= 15 is 0 Å². The van der Waals surface area contributed by atoms with Crippen LogP contribution in [0.15, 0.2) is 22.7 Å². The Bertz CT molecular complexity index is 650. The topological polar surface area (TPSA) is 55.4 Å². The van der Waals surface area contributed by atoms with Crippen LogP contribution in [-0.4, -0.2) is 30.9 Å². The van der Waals surface area contributed by atoms with E-state index in [-0.39, 0.29) is 11.7 Å². The van der Waals surface area contributed by atoms with E-state index < -0.39 is 11.5 Å². The van der Waals surface area contributed by atoms with Gasteiger partial charge >= 0.3 is 0 Å². The van der Waals surface area contributed by atoms with Crippen molar-refractivity contribution < 1.29 is 14.3 Å². The average Bonchev–Trinajstić information content (AvgIpc) is 2.80. The van der Waals surface area contributed by atoms with Crippen LogP contribution in [0.1, 0.15) is 49.1 Å². The van der Waals surface area contributed by atoms with Gasteiger partial charge in [-0.1, -0.05) is 22.0 Å². The van der Waals surface area contributed by atoms with Gasteiger partial charge in [0.2, 0.25) is 5.91 Å². The number of amides is 1. The van der Waals surface area contributed by atoms with Gasteiger partial charge in [-0.05, 0) is 68.2 Å². The first-order valence-corrected chi connectivity index (χ1v) is 9.37. The minimum atomic E-state index is -0.668. The molecule has 2 fully saturated rings. The maximum Gasteiger partial charge on any atom is 0.235 e. The Morgan fingerprint density at radius 3 is 2.67 bits per heavy atom. The second-order valence-corrected chi connectivity index (χ2v) is 8.01. The molecule has 130 valence electrons. The Balaban J connectivity index is 1.79. The normalized spacial score (nSPS) is 30.0. The molecule has 0 radical (unpaired) electrons. The zero-order valence-electron chi connectivity index (χ0n) is 14.2. The highest BCUT2D eigenvalue weighted by Crippen LogP contribution is 2.42. The van der Waals surface area contributed by atoms with Crippen LogP contribution in [0.4, 0.5) is 0 Å². The van der Waals surface area contributed by atoms with Crippen LogP contribution in [0.5, 0.6) is 0 Å². The van der Waals surface area contributed by atoms with E-state index in [0.29, 0.717) is 5.92 Å². The van der Waals surface area contributed by atoms with Gasteiger partial charge in [0, 0.05) is 18.2 Å². The van der Waals surface area contributed by atoms with Crippen molar-refractivity contribution in [2.24, 2.45) is 5.92 Å². The quantitative estimate of drug-likeness (QED) is 0.796. The zero-order valence-corrected chi connectivity index (χ0v) is 15.8. The van der Waals surface area contributed by atoms with Crippen molar-refractivity contribution in [1.82, 2.24) is 5.32 Å². The van der Waals surface area contributed by atoms with E-state index in [4.69, 9.17) is 4.74 Å². The lowest BCUT2D eigenvalue weighted by Crippen LogP contribution is -2.49. The Morgan fingerprint density at radius 1 is 1.29 bits per heavy atom. The summed E-state index contributed by atoms with van der Waals surface area (Å²) in [6.07, 6.45) is 4.47. The SMILES string of the molecule is COCCC1CCC2(CC1)NC(=O)C(c1cc(Br)ccc1C)C2=O. The molecule has 1 saturated carbocycles. The van der Waals surface area contributed by atoms with E-state index in [2.05, 4.69) is 21.2 Å². The second kappa shape index (κ2) is 6.96. The molecule has 5 heteroatoms. The number of ketones is 1. The highest BCUT2D eigenvalue weighted by Gasteiger charge is 2.54. The van der Waals surface area contributed by atoms with Gasteiger partial charge in [0.25, 0.3) is 0 Å². The molecule has 1 atom stereocenters. The average molecular weight is 394 g/mol. The lowest BCUT2D eigenvalue weighted by Gasteiger charge is -2.35. The number of hydrogen-bond acceptors (Lipinski definition) is 3. The fourth-order valence-electron chi connectivity index (χ4n) is 4.08. The van der Waals surface area contributed by atoms with Crippen LogP contribution in [0.25, 0.3) is 0 Å². The smallest absolute Gasteiger partial charge is 0.235 e. The number of rotatable bonds is 4. The van der Waals surface area contributed by atoms with E-state index in [1.165, 1.54) is 0 Å². The number of methoxy groups -OCH3 is 1. The standard InChI is InChI=1S/C19H24BrNO3/c1-12-3-4-14(20)11-15(12)16-17(22)19(21-18(16)23)8-5-13(6-9-19)7-10-24-2/h3-4,11,13,16H,5-10H2,1-2H3,(H,21,23). The highest BCUT2D eigenvalue weighted by molar-refractivity contribution is 9.10. The van der Waals surface area contributed by atoms with Crippen LogP contribution >= 0.6 is 15.9 Å². The number of hydrogen-bond donors (Lipinski definition) is 1. The van der Waals surface area contributed by atoms with Crippen molar-refractivity contribution in [2.75, 3.05) is 13.7 Å². The highest BCUT2D eigenvalue weighted by atomic mass is 79.9. The molecule has 1 aromatic rings. The Morgan fingerprint density at radius 2 is 2.00 bits per heavy atom. The number of aryl methyl sites for hydroxylation is 1. The van der Waals surface area contributed by atoms with Gasteiger partial charge in [0.05, 0.1) is 5.54 Å². The molecule has 24 heavy (non-hydrogen) atoms. The summed E-state index contributed by atoms with van der Waals surface area (Å²) in [6, 6.07) is 5.79. The summed E-state index contributed by atoms with van der Waals surface area (Å²) < 4.78 is 6.05. The molecule has 1 spiro atoms. The van der Waals surface area contributed by atoms with Gasteiger partial charge in [-0.15, -0.1) is 0 Å². The third-order valence-electron chi connectivity index (χ3n) is 5.60. The number of ether oxygens (including phenoxy) is 1. The van der Waals surface area contributed by atoms with Crippen molar-refractivity contribution in [3.05, 3.63) is 33.8 Å². The Hall–Kier alpha value is -1.20. The maximum absolute atomic E-state index is 13.2. The zero-order chi connectivity index (χ0) is 17.3. The predicted molar refractivity (Wildman–Crippen MR) is 96.0 cm³/mol. The van der Waals surface area contributed by atoms with Crippen molar-refractivity contribution in [3.63, 3.8) is 0 Å². The molecule has 3 rings (SSSR count). The first-order valence-electron chi connectivity index (χ1n) is 8.58. The van der Waals surface area contributed by atoms with E-state index in [1.807, 2.05) is 25.1 Å². The van der Waals surface area contributed by atoms with Gasteiger partial charge in [0.15, 0.2) is 5.78 Å². The van der Waals surface area contributed by atoms with Crippen LogP contribution in [-0.2, 0) is 14.3 Å². The summed E-state index contributed by atoms with van der Waals surface area (Å²) in [7, 11) is 1.72. The summed E-state index contributed by atoms with van der Waals surface area (Å²) in [4.78, 5) is 25.8. The summed E-state index contributed by atoms with van der Waals surface area (Å²) >= 11 is 3.45. The molecule has 1 N–H and O–H groups in total. The monoisotopic (exact) mass is 393 g/mol. The Labute approximate surface area is 151 Å². The number of benzene rings is 1. The fourth-order valence-corrected chi connectivity index (χ4v) is 4.46. The molecular weight excluding hydrogens is 370 g/mol. The molecule has 0 bridgehead atoms. The molecular formula is C19H24BrNO3. The molecule has 1 amide bonds. The van der Waals surface area contributed by atoms with E-state index in [1.54, 1.807) is 7.11 Å². The van der Waals surface area contributed by atoms with Crippen LogP contribution in [0.3, 0.4) is 0 Å². The van der Waals surface area contributed by atoms with Gasteiger partial charge in [-0.3, -0.25) is 9.59 Å². The molecule has 2 aliphatic rings. The summed E-state index contributed by atoms with van der Waals surface area (Å²) in [5, 5.41) is 3.06. The molecule has 4 nitrogen and oxygen atoms in total. The number of nitrogens with one attached hydrogen (secondary N) is 1. The summed E-state index contributed by atoms with van der Waals surface area (Å²) in [6.45, 7) is 2.72. The van der Waals surface area contributed by atoms with Crippen molar-refractivity contribution >= 4 is 27.6 Å². The van der Waals surface area contributed by atoms with Gasteiger partial charge in [-0.2, -0.15) is 0 Å². The lowest BCUT2D eigenvalue weighted by atomic mass is 9.72. The number of Topliss-reactive ketones (excluding diaryl/α,β-unsaturated/α-hetero) is 1. The summed E-state index contributed by atoms with van der Waals surface area (Å²) in [5.41, 5.74) is 1.16. The van der Waals surface area contributed by atoms with Gasteiger partial charge < -0.3 is 10.1 Å². The molecule has 1 aliphatic carbocycles. The maximum atomic E-state index is 13.2. The largest absolute Gasteiger partial charge is 0.385 e.